The highest BCUT2D eigenvalue weighted by atomic mass is 16.2. The molecule has 3 nitrogen and oxygen atoms in total. The van der Waals surface area contributed by atoms with E-state index in [-0.39, 0.29) is 23.1 Å². The summed E-state index contributed by atoms with van der Waals surface area (Å²) in [6.45, 7) is 4.10. The first-order valence-corrected chi connectivity index (χ1v) is 5.84. The molecule has 2 aliphatic rings. The average Bonchev–Trinajstić information content (AvgIpc) is 2.52. The SMILES string of the molecule is CC1(C)CC(=O)NC(=O)C1C1CCCC1. The van der Waals surface area contributed by atoms with Gasteiger partial charge in [-0.2, -0.15) is 0 Å². The zero-order chi connectivity index (χ0) is 11.1. The molecule has 3 heteroatoms. The zero-order valence-electron chi connectivity index (χ0n) is 9.51. The Labute approximate surface area is 90.6 Å². The fourth-order valence-electron chi connectivity index (χ4n) is 3.28. The van der Waals surface area contributed by atoms with Crippen LogP contribution in [0.4, 0.5) is 0 Å². The van der Waals surface area contributed by atoms with Crippen molar-refractivity contribution in [2.45, 2.75) is 46.0 Å². The van der Waals surface area contributed by atoms with Crippen LogP contribution in [0.15, 0.2) is 0 Å². The number of amides is 2. The quantitative estimate of drug-likeness (QED) is 0.670. The van der Waals surface area contributed by atoms with Crippen LogP contribution in [0.5, 0.6) is 0 Å². The number of carbonyl (C=O) groups excluding carboxylic acids is 2. The maximum absolute atomic E-state index is 11.9. The summed E-state index contributed by atoms with van der Waals surface area (Å²) in [5.74, 6) is 0.383. The Kier molecular flexibility index (Phi) is 2.57. The molecule has 1 heterocycles. The van der Waals surface area contributed by atoms with Crippen molar-refractivity contribution in [1.29, 1.82) is 0 Å². The van der Waals surface area contributed by atoms with Crippen molar-refractivity contribution in [1.82, 2.24) is 5.32 Å². The Morgan fingerprint density at radius 1 is 1.20 bits per heavy atom. The molecule has 0 aromatic carbocycles. The Balaban J connectivity index is 2.19. The standard InChI is InChI=1S/C12H19NO2/c1-12(2)7-9(14)13-11(15)10(12)8-5-3-4-6-8/h8,10H,3-7H2,1-2H3,(H,13,14,15). The van der Waals surface area contributed by atoms with Gasteiger partial charge in [-0.25, -0.2) is 0 Å². The number of hydrogen-bond acceptors (Lipinski definition) is 2. The topological polar surface area (TPSA) is 46.2 Å². The third kappa shape index (κ3) is 1.92. The van der Waals surface area contributed by atoms with Crippen molar-refractivity contribution in [2.75, 3.05) is 0 Å². The lowest BCUT2D eigenvalue weighted by molar-refractivity contribution is -0.144. The van der Waals surface area contributed by atoms with E-state index in [9.17, 15) is 9.59 Å². The molecule has 0 aromatic heterocycles. The lowest BCUT2D eigenvalue weighted by Gasteiger charge is -2.40. The van der Waals surface area contributed by atoms with Crippen molar-refractivity contribution < 1.29 is 9.59 Å². The normalized spacial score (nSPS) is 31.7. The van der Waals surface area contributed by atoms with Crippen molar-refractivity contribution in [3.8, 4) is 0 Å². The summed E-state index contributed by atoms with van der Waals surface area (Å²) in [7, 11) is 0. The molecule has 1 saturated carbocycles. The Hall–Kier alpha value is -0.860. The van der Waals surface area contributed by atoms with Crippen LogP contribution >= 0.6 is 0 Å². The second-order valence-electron chi connectivity index (χ2n) is 5.60. The molecular weight excluding hydrogens is 190 g/mol. The summed E-state index contributed by atoms with van der Waals surface area (Å²) >= 11 is 0. The van der Waals surface area contributed by atoms with Crippen LogP contribution in [-0.4, -0.2) is 11.8 Å². The summed E-state index contributed by atoms with van der Waals surface area (Å²) < 4.78 is 0. The van der Waals surface area contributed by atoms with Gasteiger partial charge in [0.05, 0.1) is 0 Å². The van der Waals surface area contributed by atoms with Crippen LogP contribution in [0.25, 0.3) is 0 Å². The van der Waals surface area contributed by atoms with Crippen molar-refractivity contribution >= 4 is 11.8 Å². The number of hydrogen-bond donors (Lipinski definition) is 1. The second kappa shape index (κ2) is 3.62. The summed E-state index contributed by atoms with van der Waals surface area (Å²) in [5, 5.41) is 2.48. The molecule has 2 fully saturated rings. The molecule has 0 spiro atoms. The van der Waals surface area contributed by atoms with Gasteiger partial charge in [0.1, 0.15) is 0 Å². The highest BCUT2D eigenvalue weighted by Crippen LogP contribution is 2.44. The van der Waals surface area contributed by atoms with Crippen molar-refractivity contribution in [3.05, 3.63) is 0 Å². The van der Waals surface area contributed by atoms with Gasteiger partial charge in [0.2, 0.25) is 11.8 Å². The lowest BCUT2D eigenvalue weighted by atomic mass is 9.67. The molecule has 2 amide bonds. The van der Waals surface area contributed by atoms with Crippen LogP contribution in [0, 0.1) is 17.3 Å². The van der Waals surface area contributed by atoms with E-state index in [0.29, 0.717) is 12.3 Å². The van der Waals surface area contributed by atoms with E-state index in [1.807, 2.05) is 13.8 Å². The summed E-state index contributed by atoms with van der Waals surface area (Å²) in [6, 6.07) is 0. The van der Waals surface area contributed by atoms with E-state index in [4.69, 9.17) is 0 Å². The fraction of sp³-hybridized carbons (Fsp3) is 0.833. The second-order valence-corrected chi connectivity index (χ2v) is 5.60. The summed E-state index contributed by atoms with van der Waals surface area (Å²) in [5.41, 5.74) is -0.158. The molecular formula is C12H19NO2. The minimum absolute atomic E-state index is 0.0387. The monoisotopic (exact) mass is 209 g/mol. The highest BCUT2D eigenvalue weighted by Gasteiger charge is 2.46. The maximum atomic E-state index is 11.9. The Morgan fingerprint density at radius 3 is 2.33 bits per heavy atom. The molecule has 1 aliphatic carbocycles. The number of piperidine rings is 1. The predicted octanol–water partition coefficient (Wildman–Crippen LogP) is 1.87. The zero-order valence-corrected chi connectivity index (χ0v) is 9.51. The van der Waals surface area contributed by atoms with Gasteiger partial charge in [0.25, 0.3) is 0 Å². The van der Waals surface area contributed by atoms with Crippen LogP contribution in [0.1, 0.15) is 46.0 Å². The fourth-order valence-corrected chi connectivity index (χ4v) is 3.28. The van der Waals surface area contributed by atoms with E-state index in [2.05, 4.69) is 5.32 Å². The first kappa shape index (κ1) is 10.7. The lowest BCUT2D eigenvalue weighted by Crippen LogP contribution is -2.52. The van der Waals surface area contributed by atoms with Crippen molar-refractivity contribution in [2.24, 2.45) is 17.3 Å². The minimum Gasteiger partial charge on any atom is -0.296 e. The van der Waals surface area contributed by atoms with E-state index in [0.717, 1.165) is 12.8 Å². The van der Waals surface area contributed by atoms with E-state index in [1.54, 1.807) is 0 Å². The molecule has 1 unspecified atom stereocenters. The van der Waals surface area contributed by atoms with E-state index in [1.165, 1.54) is 12.8 Å². The van der Waals surface area contributed by atoms with Gasteiger partial charge >= 0.3 is 0 Å². The van der Waals surface area contributed by atoms with E-state index < -0.39 is 0 Å². The number of carbonyl (C=O) groups is 2. The molecule has 1 aliphatic heterocycles. The molecule has 0 aromatic rings. The number of nitrogens with one attached hydrogen (secondary N) is 1. The van der Waals surface area contributed by atoms with Crippen LogP contribution in [-0.2, 0) is 9.59 Å². The summed E-state index contributed by atoms with van der Waals surface area (Å²) in [4.78, 5) is 23.2. The molecule has 0 bridgehead atoms. The molecule has 1 N–H and O–H groups in total. The average molecular weight is 209 g/mol. The highest BCUT2D eigenvalue weighted by molar-refractivity contribution is 5.99. The summed E-state index contributed by atoms with van der Waals surface area (Å²) in [6.07, 6.45) is 5.25. The molecule has 84 valence electrons. The smallest absolute Gasteiger partial charge is 0.230 e. The number of imide groups is 1. The predicted molar refractivity (Wildman–Crippen MR) is 57.0 cm³/mol. The number of rotatable bonds is 1. The van der Waals surface area contributed by atoms with E-state index >= 15 is 0 Å². The molecule has 1 saturated heterocycles. The van der Waals surface area contributed by atoms with Crippen LogP contribution < -0.4 is 5.32 Å². The largest absolute Gasteiger partial charge is 0.296 e. The molecule has 1 atom stereocenters. The van der Waals surface area contributed by atoms with Gasteiger partial charge in [0, 0.05) is 12.3 Å². The van der Waals surface area contributed by atoms with Crippen molar-refractivity contribution in [3.63, 3.8) is 0 Å². The van der Waals surface area contributed by atoms with Gasteiger partial charge in [-0.3, -0.25) is 14.9 Å². The minimum atomic E-state index is -0.158. The molecule has 2 rings (SSSR count). The van der Waals surface area contributed by atoms with Gasteiger partial charge < -0.3 is 0 Å². The van der Waals surface area contributed by atoms with Crippen LogP contribution in [0.3, 0.4) is 0 Å². The molecule has 15 heavy (non-hydrogen) atoms. The third-order valence-corrected chi connectivity index (χ3v) is 3.87. The van der Waals surface area contributed by atoms with Gasteiger partial charge in [-0.05, 0) is 24.2 Å². The van der Waals surface area contributed by atoms with Gasteiger partial charge in [0.15, 0.2) is 0 Å². The maximum Gasteiger partial charge on any atom is 0.230 e. The van der Waals surface area contributed by atoms with Gasteiger partial charge in [-0.1, -0.05) is 26.7 Å². The van der Waals surface area contributed by atoms with Crippen LogP contribution in [0.2, 0.25) is 0 Å². The Bertz CT molecular complexity index is 290. The van der Waals surface area contributed by atoms with Gasteiger partial charge in [-0.15, -0.1) is 0 Å². The molecule has 0 radical (unpaired) electrons. The first-order valence-electron chi connectivity index (χ1n) is 5.84. The third-order valence-electron chi connectivity index (χ3n) is 3.87. The first-order chi connectivity index (χ1) is 7.00. The Morgan fingerprint density at radius 2 is 1.80 bits per heavy atom.